The van der Waals surface area contributed by atoms with Crippen molar-refractivity contribution in [1.82, 2.24) is 5.32 Å². The highest BCUT2D eigenvalue weighted by Crippen LogP contribution is 2.38. The Morgan fingerprint density at radius 2 is 1.82 bits per heavy atom. The molecule has 1 heterocycles. The average molecular weight is 241 g/mol. The van der Waals surface area contributed by atoms with Gasteiger partial charge in [0.15, 0.2) is 0 Å². The van der Waals surface area contributed by atoms with Gasteiger partial charge in [-0.2, -0.15) is 0 Å². The monoisotopic (exact) mass is 241 g/mol. The number of rotatable bonds is 3. The van der Waals surface area contributed by atoms with Gasteiger partial charge >= 0.3 is 0 Å². The van der Waals surface area contributed by atoms with Gasteiger partial charge in [0.1, 0.15) is 0 Å². The number of carbonyl (C=O) groups is 1. The van der Waals surface area contributed by atoms with Crippen LogP contribution in [0.15, 0.2) is 0 Å². The van der Waals surface area contributed by atoms with Gasteiger partial charge in [-0.3, -0.25) is 4.79 Å². The largest absolute Gasteiger partial charge is 0.394 e. The first kappa shape index (κ1) is 12.8. The number of nitrogens with one attached hydrogen (secondary N) is 1. The molecule has 17 heavy (non-hydrogen) atoms. The van der Waals surface area contributed by atoms with Crippen LogP contribution >= 0.6 is 0 Å². The minimum absolute atomic E-state index is 0.0121. The Hall–Kier alpha value is -0.610. The molecule has 0 spiro atoms. The number of aliphatic hydroxyl groups is 1. The predicted molar refractivity (Wildman–Crippen MR) is 64.6 cm³/mol. The third-order valence-electron chi connectivity index (χ3n) is 4.39. The number of aliphatic hydroxyl groups excluding tert-OH is 1. The lowest BCUT2D eigenvalue weighted by atomic mass is 9.84. The second-order valence-corrected chi connectivity index (χ2v) is 5.77. The van der Waals surface area contributed by atoms with Crippen molar-refractivity contribution in [3.63, 3.8) is 0 Å². The van der Waals surface area contributed by atoms with Gasteiger partial charge in [-0.05, 0) is 25.7 Å². The van der Waals surface area contributed by atoms with E-state index < -0.39 is 5.54 Å². The number of hydrogen-bond donors (Lipinski definition) is 2. The Balaban J connectivity index is 2.00. The molecule has 2 N–H and O–H groups in total. The first-order chi connectivity index (χ1) is 8.10. The number of ether oxygens (including phenoxy) is 1. The maximum absolute atomic E-state index is 12.3. The Kier molecular flexibility index (Phi) is 3.73. The van der Waals surface area contributed by atoms with Crippen molar-refractivity contribution >= 4 is 5.91 Å². The summed E-state index contributed by atoms with van der Waals surface area (Å²) in [4.78, 5) is 12.3. The fourth-order valence-corrected chi connectivity index (χ4v) is 2.86. The van der Waals surface area contributed by atoms with Crippen LogP contribution < -0.4 is 5.32 Å². The van der Waals surface area contributed by atoms with Crippen LogP contribution in [-0.2, 0) is 9.53 Å². The number of carbonyl (C=O) groups excluding carboxylic acids is 1. The second kappa shape index (κ2) is 4.94. The molecule has 0 radical (unpaired) electrons. The highest BCUT2D eigenvalue weighted by molar-refractivity contribution is 5.83. The summed E-state index contributed by atoms with van der Waals surface area (Å²) in [6.07, 6.45) is 5.64. The summed E-state index contributed by atoms with van der Waals surface area (Å²) in [5.74, 6) is 0.117. The molecule has 98 valence electrons. The molecule has 0 aromatic heterocycles. The van der Waals surface area contributed by atoms with Crippen LogP contribution in [0.3, 0.4) is 0 Å². The molecule has 0 aromatic carbocycles. The summed E-state index contributed by atoms with van der Waals surface area (Å²) in [5.41, 5.74) is -0.665. The van der Waals surface area contributed by atoms with Crippen molar-refractivity contribution in [3.05, 3.63) is 0 Å². The van der Waals surface area contributed by atoms with Crippen LogP contribution in [-0.4, -0.2) is 36.4 Å². The summed E-state index contributed by atoms with van der Waals surface area (Å²) in [6, 6.07) is 0. The molecule has 4 heteroatoms. The quantitative estimate of drug-likeness (QED) is 0.781. The lowest BCUT2D eigenvalue weighted by Crippen LogP contribution is -2.57. The Morgan fingerprint density at radius 3 is 2.35 bits per heavy atom. The average Bonchev–Trinajstić information content (AvgIpc) is 2.79. The molecule has 2 rings (SSSR count). The van der Waals surface area contributed by atoms with Gasteiger partial charge in [-0.25, -0.2) is 0 Å². The van der Waals surface area contributed by atoms with Gasteiger partial charge in [0, 0.05) is 18.6 Å². The summed E-state index contributed by atoms with van der Waals surface area (Å²) >= 11 is 0. The SMILES string of the molecule is CC1(C(=O)NC2(CO)CCOCC2)CCCC1. The van der Waals surface area contributed by atoms with Crippen molar-refractivity contribution in [2.75, 3.05) is 19.8 Å². The molecule has 1 saturated heterocycles. The molecular weight excluding hydrogens is 218 g/mol. The zero-order chi connectivity index (χ0) is 12.4. The molecule has 4 nitrogen and oxygen atoms in total. The van der Waals surface area contributed by atoms with Gasteiger partial charge in [-0.15, -0.1) is 0 Å². The van der Waals surface area contributed by atoms with Crippen LogP contribution in [0.5, 0.6) is 0 Å². The highest BCUT2D eigenvalue weighted by atomic mass is 16.5. The lowest BCUT2D eigenvalue weighted by molar-refractivity contribution is -0.134. The van der Waals surface area contributed by atoms with Gasteiger partial charge in [0.2, 0.25) is 5.91 Å². The van der Waals surface area contributed by atoms with E-state index in [1.165, 1.54) is 0 Å². The molecule has 1 saturated carbocycles. The zero-order valence-corrected chi connectivity index (χ0v) is 10.6. The molecule has 1 aliphatic heterocycles. The van der Waals surface area contributed by atoms with E-state index in [2.05, 4.69) is 5.32 Å². The standard InChI is InChI=1S/C13H23NO3/c1-12(4-2-3-5-12)11(16)14-13(10-15)6-8-17-9-7-13/h15H,2-10H2,1H3,(H,14,16). The maximum Gasteiger partial charge on any atom is 0.226 e. The van der Waals surface area contributed by atoms with Gasteiger partial charge < -0.3 is 15.2 Å². The molecule has 1 amide bonds. The Morgan fingerprint density at radius 1 is 1.24 bits per heavy atom. The summed E-state index contributed by atoms with van der Waals surface area (Å²) in [7, 11) is 0. The minimum Gasteiger partial charge on any atom is -0.394 e. The third kappa shape index (κ3) is 2.63. The van der Waals surface area contributed by atoms with Crippen LogP contribution in [0.2, 0.25) is 0 Å². The normalized spacial score (nSPS) is 26.7. The van der Waals surface area contributed by atoms with Crippen molar-refractivity contribution in [2.45, 2.75) is 51.0 Å². The van der Waals surface area contributed by atoms with E-state index in [0.29, 0.717) is 26.1 Å². The van der Waals surface area contributed by atoms with Gasteiger partial charge in [0.25, 0.3) is 0 Å². The Bertz CT molecular complexity index is 278. The van der Waals surface area contributed by atoms with E-state index in [4.69, 9.17) is 4.74 Å². The third-order valence-corrected chi connectivity index (χ3v) is 4.39. The van der Waals surface area contributed by atoms with E-state index in [1.807, 2.05) is 6.92 Å². The fraction of sp³-hybridized carbons (Fsp3) is 0.923. The van der Waals surface area contributed by atoms with Crippen LogP contribution in [0.25, 0.3) is 0 Å². The molecule has 0 unspecified atom stereocenters. The molecular formula is C13H23NO3. The molecule has 0 bridgehead atoms. The van der Waals surface area contributed by atoms with E-state index >= 15 is 0 Å². The molecule has 0 atom stereocenters. The van der Waals surface area contributed by atoms with Crippen molar-refractivity contribution in [2.24, 2.45) is 5.41 Å². The van der Waals surface area contributed by atoms with Gasteiger partial charge in [0.05, 0.1) is 12.1 Å². The first-order valence-corrected chi connectivity index (χ1v) is 6.62. The molecule has 1 aliphatic carbocycles. The summed E-state index contributed by atoms with van der Waals surface area (Å²) in [6.45, 7) is 3.30. The van der Waals surface area contributed by atoms with Crippen LogP contribution in [0.1, 0.15) is 45.4 Å². The van der Waals surface area contributed by atoms with E-state index in [1.54, 1.807) is 0 Å². The second-order valence-electron chi connectivity index (χ2n) is 5.77. The summed E-state index contributed by atoms with van der Waals surface area (Å²) < 4.78 is 5.30. The number of hydrogen-bond acceptors (Lipinski definition) is 3. The van der Waals surface area contributed by atoms with E-state index in [9.17, 15) is 9.90 Å². The fourth-order valence-electron chi connectivity index (χ4n) is 2.86. The van der Waals surface area contributed by atoms with Crippen molar-refractivity contribution < 1.29 is 14.6 Å². The Labute approximate surface area is 103 Å². The van der Waals surface area contributed by atoms with Crippen molar-refractivity contribution in [3.8, 4) is 0 Å². The lowest BCUT2D eigenvalue weighted by Gasteiger charge is -2.38. The number of amides is 1. The van der Waals surface area contributed by atoms with Crippen LogP contribution in [0.4, 0.5) is 0 Å². The topological polar surface area (TPSA) is 58.6 Å². The highest BCUT2D eigenvalue weighted by Gasteiger charge is 2.41. The van der Waals surface area contributed by atoms with Crippen LogP contribution in [0, 0.1) is 5.41 Å². The zero-order valence-electron chi connectivity index (χ0n) is 10.6. The first-order valence-electron chi connectivity index (χ1n) is 6.62. The van der Waals surface area contributed by atoms with Gasteiger partial charge in [-0.1, -0.05) is 19.8 Å². The molecule has 0 aromatic rings. The maximum atomic E-state index is 12.3. The summed E-state index contributed by atoms with van der Waals surface area (Å²) in [5, 5.41) is 12.6. The minimum atomic E-state index is -0.444. The molecule has 2 fully saturated rings. The smallest absolute Gasteiger partial charge is 0.226 e. The van der Waals surface area contributed by atoms with E-state index in [0.717, 1.165) is 25.7 Å². The van der Waals surface area contributed by atoms with E-state index in [-0.39, 0.29) is 17.9 Å². The molecule has 2 aliphatic rings. The predicted octanol–water partition coefficient (Wildman–Crippen LogP) is 1.22. The van der Waals surface area contributed by atoms with Crippen molar-refractivity contribution in [1.29, 1.82) is 0 Å².